The molecule has 1 heterocycles. The smallest absolute Gasteiger partial charge is 0.313 e. The Bertz CT molecular complexity index is 674. The summed E-state index contributed by atoms with van der Waals surface area (Å²) in [6.07, 6.45) is 0.137. The fourth-order valence-electron chi connectivity index (χ4n) is 1.86. The van der Waals surface area contributed by atoms with Gasteiger partial charge in [0.2, 0.25) is 0 Å². The van der Waals surface area contributed by atoms with E-state index < -0.39 is 0 Å². The number of hydrogen-bond acceptors (Lipinski definition) is 5. The summed E-state index contributed by atoms with van der Waals surface area (Å²) in [5.41, 5.74) is 0.854. The Morgan fingerprint density at radius 1 is 1.29 bits per heavy atom. The van der Waals surface area contributed by atoms with Gasteiger partial charge < -0.3 is 14.0 Å². The predicted octanol–water partition coefficient (Wildman–Crippen LogP) is 2.61. The van der Waals surface area contributed by atoms with Gasteiger partial charge >= 0.3 is 10.8 Å². The van der Waals surface area contributed by atoms with E-state index in [2.05, 4.69) is 0 Å². The molecule has 0 saturated heterocycles. The van der Waals surface area contributed by atoms with Gasteiger partial charge in [-0.1, -0.05) is 23.5 Å². The van der Waals surface area contributed by atoms with E-state index in [1.807, 2.05) is 19.9 Å². The van der Waals surface area contributed by atoms with Gasteiger partial charge in [-0.25, -0.2) is 0 Å². The molecule has 0 saturated carbocycles. The molecule has 0 fully saturated rings. The molecule has 0 bridgehead atoms. The number of carbonyl (C=O) groups is 1. The zero-order chi connectivity index (χ0) is 15.2. The van der Waals surface area contributed by atoms with E-state index in [1.54, 1.807) is 28.1 Å². The third kappa shape index (κ3) is 3.95. The molecular formula is C15H17NO4S. The molecule has 1 aromatic heterocycles. The molecule has 2 aromatic rings. The summed E-state index contributed by atoms with van der Waals surface area (Å²) < 4.78 is 12.3. The number of aryl methyl sites for hydroxylation is 1. The highest BCUT2D eigenvalue weighted by molar-refractivity contribution is 7.07. The Labute approximate surface area is 126 Å². The first kappa shape index (κ1) is 15.3. The second-order valence-electron chi connectivity index (χ2n) is 4.40. The molecule has 0 amide bonds. The van der Waals surface area contributed by atoms with Crippen molar-refractivity contribution in [2.24, 2.45) is 0 Å². The van der Waals surface area contributed by atoms with Gasteiger partial charge in [-0.05, 0) is 26.0 Å². The number of hydrogen-bond donors (Lipinski definition) is 0. The molecule has 0 unspecified atom stereocenters. The summed E-state index contributed by atoms with van der Waals surface area (Å²) in [6, 6.07) is 7.03. The topological polar surface area (TPSA) is 57.5 Å². The van der Waals surface area contributed by atoms with E-state index in [1.165, 1.54) is 0 Å². The van der Waals surface area contributed by atoms with Crippen LogP contribution in [0.5, 0.6) is 11.5 Å². The zero-order valence-corrected chi connectivity index (χ0v) is 12.8. The number of rotatable bonds is 6. The Morgan fingerprint density at radius 2 is 2.00 bits per heavy atom. The number of thiazole rings is 1. The number of carbonyl (C=O) groups excluding carboxylic acids is 1. The van der Waals surface area contributed by atoms with E-state index in [4.69, 9.17) is 9.47 Å². The Kier molecular flexibility index (Phi) is 5.16. The molecule has 21 heavy (non-hydrogen) atoms. The lowest BCUT2D eigenvalue weighted by Gasteiger charge is -2.10. The molecule has 0 aliphatic rings. The standard InChI is InChI=1S/C15H17NO4S/c1-3-19-12-6-4-5-7-13(12)20-14(17)8-9-16-11(2)10-21-15(16)18/h4-7,10H,3,8-9H2,1-2H3. The molecule has 2 rings (SSSR count). The molecule has 0 atom stereocenters. The van der Waals surface area contributed by atoms with Gasteiger partial charge in [0.15, 0.2) is 11.5 Å². The first-order valence-corrected chi connectivity index (χ1v) is 7.57. The fourth-order valence-corrected chi connectivity index (χ4v) is 2.62. The highest BCUT2D eigenvalue weighted by Gasteiger charge is 2.11. The van der Waals surface area contributed by atoms with Crippen molar-refractivity contribution < 1.29 is 14.3 Å². The van der Waals surface area contributed by atoms with E-state index in [-0.39, 0.29) is 17.3 Å². The fraction of sp³-hybridized carbons (Fsp3) is 0.333. The summed E-state index contributed by atoms with van der Waals surface area (Å²) in [6.45, 7) is 4.53. The first-order valence-electron chi connectivity index (χ1n) is 6.69. The van der Waals surface area contributed by atoms with Crippen LogP contribution in [0, 0.1) is 6.92 Å². The summed E-state index contributed by atoms with van der Waals surface area (Å²) >= 11 is 1.13. The van der Waals surface area contributed by atoms with Crippen molar-refractivity contribution >= 4 is 17.3 Å². The van der Waals surface area contributed by atoms with Crippen LogP contribution in [0.4, 0.5) is 0 Å². The van der Waals surface area contributed by atoms with Crippen molar-refractivity contribution in [2.45, 2.75) is 26.8 Å². The maximum Gasteiger partial charge on any atom is 0.313 e. The van der Waals surface area contributed by atoms with Crippen molar-refractivity contribution in [1.29, 1.82) is 0 Å². The molecule has 0 spiro atoms. The van der Waals surface area contributed by atoms with Crippen LogP contribution in [0.1, 0.15) is 19.0 Å². The first-order chi connectivity index (χ1) is 10.1. The van der Waals surface area contributed by atoms with Crippen LogP contribution in [-0.2, 0) is 11.3 Å². The Balaban J connectivity index is 1.98. The zero-order valence-electron chi connectivity index (χ0n) is 12.0. The SMILES string of the molecule is CCOc1ccccc1OC(=O)CCn1c(C)csc1=O. The molecule has 1 aromatic carbocycles. The van der Waals surface area contributed by atoms with E-state index in [0.29, 0.717) is 24.7 Å². The average molecular weight is 307 g/mol. The lowest BCUT2D eigenvalue weighted by molar-refractivity contribution is -0.134. The number of nitrogens with zero attached hydrogens (tertiary/aromatic N) is 1. The largest absolute Gasteiger partial charge is 0.490 e. The minimum atomic E-state index is -0.389. The maximum absolute atomic E-state index is 11.9. The number of aromatic nitrogens is 1. The van der Waals surface area contributed by atoms with Crippen molar-refractivity contribution in [2.75, 3.05) is 6.61 Å². The highest BCUT2D eigenvalue weighted by atomic mass is 32.1. The van der Waals surface area contributed by atoms with Crippen LogP contribution in [0.15, 0.2) is 34.4 Å². The van der Waals surface area contributed by atoms with E-state index in [9.17, 15) is 9.59 Å². The second-order valence-corrected chi connectivity index (χ2v) is 5.22. The normalized spacial score (nSPS) is 10.4. The molecule has 6 heteroatoms. The molecule has 0 radical (unpaired) electrons. The van der Waals surface area contributed by atoms with Crippen molar-refractivity contribution in [3.63, 3.8) is 0 Å². The molecular weight excluding hydrogens is 290 g/mol. The summed E-state index contributed by atoms with van der Waals surface area (Å²) in [7, 11) is 0. The van der Waals surface area contributed by atoms with Crippen LogP contribution in [0.25, 0.3) is 0 Å². The third-order valence-corrected chi connectivity index (χ3v) is 3.77. The Hall–Kier alpha value is -2.08. The van der Waals surface area contributed by atoms with Crippen LogP contribution in [0.3, 0.4) is 0 Å². The van der Waals surface area contributed by atoms with Crippen LogP contribution in [0.2, 0.25) is 0 Å². The Morgan fingerprint density at radius 3 is 2.62 bits per heavy atom. The van der Waals surface area contributed by atoms with E-state index >= 15 is 0 Å². The molecule has 0 N–H and O–H groups in total. The monoisotopic (exact) mass is 307 g/mol. The minimum absolute atomic E-state index is 0.0602. The average Bonchev–Trinajstić information content (AvgIpc) is 2.78. The number of para-hydroxylation sites is 2. The van der Waals surface area contributed by atoms with Crippen molar-refractivity contribution in [1.82, 2.24) is 4.57 Å². The lowest BCUT2D eigenvalue weighted by Crippen LogP contribution is -2.19. The summed E-state index contributed by atoms with van der Waals surface area (Å²) in [4.78, 5) is 23.4. The third-order valence-electron chi connectivity index (χ3n) is 2.89. The van der Waals surface area contributed by atoms with Gasteiger partial charge in [0.05, 0.1) is 13.0 Å². The molecule has 0 aliphatic carbocycles. The van der Waals surface area contributed by atoms with Crippen LogP contribution < -0.4 is 14.3 Å². The number of benzene rings is 1. The van der Waals surface area contributed by atoms with Gasteiger partial charge in [-0.2, -0.15) is 0 Å². The van der Waals surface area contributed by atoms with E-state index in [0.717, 1.165) is 17.0 Å². The predicted molar refractivity (Wildman–Crippen MR) is 81.2 cm³/mol. The lowest BCUT2D eigenvalue weighted by atomic mass is 10.3. The van der Waals surface area contributed by atoms with Crippen molar-refractivity contribution in [3.05, 3.63) is 45.0 Å². The van der Waals surface area contributed by atoms with Gasteiger partial charge in [-0.15, -0.1) is 0 Å². The summed E-state index contributed by atoms with van der Waals surface area (Å²) in [5.74, 6) is 0.552. The minimum Gasteiger partial charge on any atom is -0.490 e. The molecule has 0 aliphatic heterocycles. The maximum atomic E-state index is 11.9. The van der Waals surface area contributed by atoms with Gasteiger partial charge in [0, 0.05) is 17.6 Å². The quantitative estimate of drug-likeness (QED) is 0.608. The summed E-state index contributed by atoms with van der Waals surface area (Å²) in [5, 5.41) is 1.78. The van der Waals surface area contributed by atoms with Gasteiger partial charge in [0.1, 0.15) is 0 Å². The second kappa shape index (κ2) is 7.08. The van der Waals surface area contributed by atoms with Crippen molar-refractivity contribution in [3.8, 4) is 11.5 Å². The van der Waals surface area contributed by atoms with Gasteiger partial charge in [-0.3, -0.25) is 9.59 Å². The molecule has 5 nitrogen and oxygen atoms in total. The van der Waals surface area contributed by atoms with Crippen LogP contribution in [-0.4, -0.2) is 17.1 Å². The highest BCUT2D eigenvalue weighted by Crippen LogP contribution is 2.26. The van der Waals surface area contributed by atoms with Crippen LogP contribution >= 0.6 is 11.3 Å². The molecule has 112 valence electrons. The number of esters is 1. The number of ether oxygens (including phenoxy) is 2. The van der Waals surface area contributed by atoms with Gasteiger partial charge in [0.25, 0.3) is 0 Å².